The fourth-order valence-corrected chi connectivity index (χ4v) is 1.52. The molecule has 2 aliphatic heterocycles. The van der Waals surface area contributed by atoms with Gasteiger partial charge in [0.25, 0.3) is 5.91 Å². The number of nitrogens with zero attached hydrogens (tertiary/aromatic N) is 1. The Balaban J connectivity index is 2.15. The van der Waals surface area contributed by atoms with Crippen molar-refractivity contribution in [3.05, 3.63) is 0 Å². The van der Waals surface area contributed by atoms with Crippen LogP contribution in [0, 0.1) is 5.41 Å². The van der Waals surface area contributed by atoms with E-state index in [0.29, 0.717) is 0 Å². The van der Waals surface area contributed by atoms with E-state index in [1.807, 2.05) is 6.21 Å². The van der Waals surface area contributed by atoms with E-state index < -0.39 is 0 Å². The summed E-state index contributed by atoms with van der Waals surface area (Å²) in [7, 11) is 0. The van der Waals surface area contributed by atoms with Crippen LogP contribution in [0.3, 0.4) is 0 Å². The van der Waals surface area contributed by atoms with Crippen LogP contribution in [0.5, 0.6) is 0 Å². The van der Waals surface area contributed by atoms with Crippen molar-refractivity contribution in [1.82, 2.24) is 5.32 Å². The fourth-order valence-electron chi connectivity index (χ4n) is 1.52. The lowest BCUT2D eigenvalue weighted by molar-refractivity contribution is -0.127. The minimum atomic E-state index is -0.134. The van der Waals surface area contributed by atoms with Crippen LogP contribution in [0.25, 0.3) is 0 Å². The Morgan fingerprint density at radius 3 is 2.50 bits per heavy atom. The van der Waals surface area contributed by atoms with E-state index in [2.05, 4.69) is 10.3 Å². The molecule has 2 heterocycles. The smallest absolute Gasteiger partial charge is 0.257 e. The van der Waals surface area contributed by atoms with Crippen LogP contribution in [0.2, 0.25) is 0 Å². The van der Waals surface area contributed by atoms with Gasteiger partial charge in [-0.05, 0) is 25.9 Å². The molecule has 0 saturated carbocycles. The maximum Gasteiger partial charge on any atom is 0.257 e. The van der Waals surface area contributed by atoms with Gasteiger partial charge in [0.2, 0.25) is 0 Å². The molecule has 1 fully saturated rings. The van der Waals surface area contributed by atoms with Gasteiger partial charge in [-0.1, -0.05) is 0 Å². The van der Waals surface area contributed by atoms with Gasteiger partial charge in [0.15, 0.2) is 0 Å². The average Bonchev–Trinajstić information content (AvgIpc) is 2.04. The molecule has 0 aliphatic carbocycles. The van der Waals surface area contributed by atoms with E-state index in [1.165, 1.54) is 0 Å². The van der Waals surface area contributed by atoms with Gasteiger partial charge in [0, 0.05) is 6.21 Å². The van der Waals surface area contributed by atoms with Crippen LogP contribution in [0.4, 0.5) is 0 Å². The zero-order valence-electron chi connectivity index (χ0n) is 5.76. The molecule has 3 heteroatoms. The Morgan fingerprint density at radius 2 is 2.20 bits per heavy atom. The second-order valence-corrected chi connectivity index (χ2v) is 2.97. The van der Waals surface area contributed by atoms with Crippen molar-refractivity contribution in [2.45, 2.75) is 12.8 Å². The second-order valence-electron chi connectivity index (χ2n) is 2.97. The summed E-state index contributed by atoms with van der Waals surface area (Å²) >= 11 is 0. The normalized spacial score (nSPS) is 28.6. The first kappa shape index (κ1) is 6.04. The largest absolute Gasteiger partial charge is 0.317 e. The van der Waals surface area contributed by atoms with Crippen LogP contribution in [-0.2, 0) is 4.79 Å². The van der Waals surface area contributed by atoms with Crippen LogP contribution in [0.15, 0.2) is 4.99 Å². The van der Waals surface area contributed by atoms with Crippen molar-refractivity contribution < 1.29 is 4.79 Å². The Labute approximate surface area is 59.5 Å². The highest BCUT2D eigenvalue weighted by Gasteiger charge is 2.43. The summed E-state index contributed by atoms with van der Waals surface area (Å²) in [6, 6.07) is 0. The van der Waals surface area contributed by atoms with E-state index in [1.54, 1.807) is 0 Å². The fraction of sp³-hybridized carbons (Fsp3) is 0.714. The zero-order valence-corrected chi connectivity index (χ0v) is 5.76. The van der Waals surface area contributed by atoms with E-state index in [9.17, 15) is 4.79 Å². The van der Waals surface area contributed by atoms with Gasteiger partial charge >= 0.3 is 0 Å². The highest BCUT2D eigenvalue weighted by Crippen LogP contribution is 2.33. The van der Waals surface area contributed by atoms with Crippen LogP contribution in [0.1, 0.15) is 12.8 Å². The van der Waals surface area contributed by atoms with Gasteiger partial charge in [-0.25, -0.2) is 4.99 Å². The van der Waals surface area contributed by atoms with Crippen LogP contribution < -0.4 is 5.32 Å². The SMILES string of the molecule is O=C1N=CC12CCNCC2. The van der Waals surface area contributed by atoms with Gasteiger partial charge in [-0.2, -0.15) is 0 Å². The van der Waals surface area contributed by atoms with E-state index >= 15 is 0 Å². The number of rotatable bonds is 0. The lowest BCUT2D eigenvalue weighted by atomic mass is 9.76. The van der Waals surface area contributed by atoms with Crippen LogP contribution >= 0.6 is 0 Å². The molecule has 0 bridgehead atoms. The topological polar surface area (TPSA) is 41.5 Å². The lowest BCUT2D eigenvalue weighted by Crippen LogP contribution is -2.47. The molecule has 10 heavy (non-hydrogen) atoms. The zero-order chi connectivity index (χ0) is 7.03. The molecule has 54 valence electrons. The van der Waals surface area contributed by atoms with Crippen molar-refractivity contribution in [2.75, 3.05) is 13.1 Å². The van der Waals surface area contributed by atoms with Crippen molar-refractivity contribution >= 4 is 12.1 Å². The Hall–Kier alpha value is -0.700. The third-order valence-electron chi connectivity index (χ3n) is 2.35. The highest BCUT2D eigenvalue weighted by atomic mass is 16.2. The second kappa shape index (κ2) is 1.89. The summed E-state index contributed by atoms with van der Waals surface area (Å²) < 4.78 is 0. The standard InChI is InChI=1S/C7H10N2O/c10-6-7(5-9-6)1-3-8-4-2-7/h5,8H,1-4H2. The maximum absolute atomic E-state index is 11.0. The summed E-state index contributed by atoms with van der Waals surface area (Å²) in [5, 5.41) is 3.21. The molecule has 0 aromatic carbocycles. The number of aliphatic imine (C=N–C) groups is 1. The number of carbonyl (C=O) groups excluding carboxylic acids is 1. The average molecular weight is 138 g/mol. The molecule has 0 aromatic heterocycles. The molecule has 3 nitrogen and oxygen atoms in total. The van der Waals surface area contributed by atoms with Gasteiger partial charge < -0.3 is 5.32 Å². The van der Waals surface area contributed by atoms with Crippen molar-refractivity contribution in [3.63, 3.8) is 0 Å². The molecule has 0 radical (unpaired) electrons. The van der Waals surface area contributed by atoms with E-state index in [4.69, 9.17) is 0 Å². The summed E-state index contributed by atoms with van der Waals surface area (Å²) in [5.74, 6) is 0.0917. The number of carbonyl (C=O) groups is 1. The molecule has 0 aromatic rings. The minimum Gasteiger partial charge on any atom is -0.317 e. The molecule has 1 amide bonds. The first-order valence-corrected chi connectivity index (χ1v) is 3.64. The summed E-state index contributed by atoms with van der Waals surface area (Å²) in [4.78, 5) is 14.6. The van der Waals surface area contributed by atoms with Gasteiger partial charge in [0.1, 0.15) is 0 Å². The van der Waals surface area contributed by atoms with Crippen molar-refractivity contribution in [1.29, 1.82) is 0 Å². The predicted octanol–water partition coefficient (Wildman–Crippen LogP) is -0.0328. The lowest BCUT2D eigenvalue weighted by Gasteiger charge is -2.35. The van der Waals surface area contributed by atoms with Crippen molar-refractivity contribution in [3.8, 4) is 0 Å². The third-order valence-corrected chi connectivity index (χ3v) is 2.35. The van der Waals surface area contributed by atoms with Crippen LogP contribution in [-0.4, -0.2) is 25.2 Å². The number of piperidine rings is 1. The molecule has 2 aliphatic rings. The predicted molar refractivity (Wildman–Crippen MR) is 38.0 cm³/mol. The molecule has 0 atom stereocenters. The monoisotopic (exact) mass is 138 g/mol. The Bertz CT molecular complexity index is 192. The minimum absolute atomic E-state index is 0.0917. The molecule has 1 spiro atoms. The first-order valence-electron chi connectivity index (χ1n) is 3.64. The number of nitrogens with one attached hydrogen (secondary N) is 1. The molecule has 1 N–H and O–H groups in total. The summed E-state index contributed by atoms with van der Waals surface area (Å²) in [5.41, 5.74) is -0.134. The number of amides is 1. The number of hydrogen-bond acceptors (Lipinski definition) is 2. The molecule has 2 rings (SSSR count). The number of hydrogen-bond donors (Lipinski definition) is 1. The molecule has 0 unspecified atom stereocenters. The van der Waals surface area contributed by atoms with E-state index in [0.717, 1.165) is 25.9 Å². The highest BCUT2D eigenvalue weighted by molar-refractivity contribution is 6.11. The Morgan fingerprint density at radius 1 is 1.50 bits per heavy atom. The third kappa shape index (κ3) is 0.639. The maximum atomic E-state index is 11.0. The molecule has 1 saturated heterocycles. The first-order chi connectivity index (χ1) is 4.83. The molecular weight excluding hydrogens is 128 g/mol. The van der Waals surface area contributed by atoms with Gasteiger partial charge in [0.05, 0.1) is 5.41 Å². The molecular formula is C7H10N2O. The van der Waals surface area contributed by atoms with Gasteiger partial charge in [-0.3, -0.25) is 4.79 Å². The van der Waals surface area contributed by atoms with Crippen molar-refractivity contribution in [2.24, 2.45) is 10.4 Å². The quantitative estimate of drug-likeness (QED) is 0.510. The Kier molecular flexibility index (Phi) is 1.14. The summed E-state index contributed by atoms with van der Waals surface area (Å²) in [6.45, 7) is 1.91. The van der Waals surface area contributed by atoms with Gasteiger partial charge in [-0.15, -0.1) is 0 Å². The van der Waals surface area contributed by atoms with E-state index in [-0.39, 0.29) is 11.3 Å². The summed E-state index contributed by atoms with van der Waals surface area (Å²) in [6.07, 6.45) is 3.70.